The van der Waals surface area contributed by atoms with E-state index in [0.717, 1.165) is 41.2 Å². The van der Waals surface area contributed by atoms with E-state index in [9.17, 15) is 13.5 Å². The Bertz CT molecular complexity index is 1030. The van der Waals surface area contributed by atoms with E-state index in [2.05, 4.69) is 19.3 Å². The fourth-order valence-corrected chi connectivity index (χ4v) is 4.51. The average molecular weight is 443 g/mol. The number of hydrogen-bond donors (Lipinski definition) is 2. The normalized spacial score (nSPS) is 12.5. The zero-order valence-electron chi connectivity index (χ0n) is 18.0. The van der Waals surface area contributed by atoms with Crippen molar-refractivity contribution in [2.45, 2.75) is 57.1 Å². The largest absolute Gasteiger partial charge is 0.451 e. The molecule has 0 amide bonds. The fourth-order valence-electron chi connectivity index (χ4n) is 3.28. The van der Waals surface area contributed by atoms with Crippen molar-refractivity contribution >= 4 is 21.4 Å². The molecule has 0 bridgehead atoms. The van der Waals surface area contributed by atoms with Crippen LogP contribution in [0.2, 0.25) is 0 Å². The molecule has 0 aliphatic heterocycles. The van der Waals surface area contributed by atoms with Crippen molar-refractivity contribution in [1.82, 2.24) is 0 Å². The van der Waals surface area contributed by atoms with Crippen molar-refractivity contribution in [3.8, 4) is 0 Å². The van der Waals surface area contributed by atoms with E-state index in [-0.39, 0.29) is 5.09 Å². The van der Waals surface area contributed by atoms with Crippen molar-refractivity contribution in [3.05, 3.63) is 78.1 Å². The Morgan fingerprint density at radius 1 is 1.00 bits per heavy atom. The van der Waals surface area contributed by atoms with Crippen LogP contribution in [-0.2, 0) is 16.4 Å². The van der Waals surface area contributed by atoms with Gasteiger partial charge in [-0.05, 0) is 60.4 Å². The van der Waals surface area contributed by atoms with Gasteiger partial charge in [0.25, 0.3) is 0 Å². The van der Waals surface area contributed by atoms with Gasteiger partial charge in [0, 0.05) is 0 Å². The number of hydrazine groups is 1. The minimum atomic E-state index is -3.98. The predicted octanol–water partition coefficient (Wildman–Crippen LogP) is 5.68. The lowest BCUT2D eigenvalue weighted by Crippen LogP contribution is -2.36. The number of aliphatic hydroxyl groups is 1. The molecule has 1 atom stereocenters. The highest BCUT2D eigenvalue weighted by Crippen LogP contribution is 2.28. The molecule has 0 aliphatic carbocycles. The third-order valence-corrected chi connectivity index (χ3v) is 6.70. The maximum Gasteiger partial charge on any atom is 0.315 e. The van der Waals surface area contributed by atoms with E-state index in [0.29, 0.717) is 17.8 Å². The van der Waals surface area contributed by atoms with Crippen LogP contribution in [0.25, 0.3) is 0 Å². The second kappa shape index (κ2) is 10.5. The smallest absolute Gasteiger partial charge is 0.315 e. The van der Waals surface area contributed by atoms with Gasteiger partial charge in [0.1, 0.15) is 0 Å². The molecule has 0 aliphatic rings. The molecular weight excluding hydrogens is 412 g/mol. The first kappa shape index (κ1) is 22.9. The molecule has 31 heavy (non-hydrogen) atoms. The summed E-state index contributed by atoms with van der Waals surface area (Å²) >= 11 is 0. The van der Waals surface area contributed by atoms with Crippen molar-refractivity contribution in [2.75, 3.05) is 9.84 Å². The Balaban J connectivity index is 1.88. The summed E-state index contributed by atoms with van der Waals surface area (Å²) in [7, 11) is -3.98. The molecular formula is C24H30N2O4S. The number of benzene rings is 2. The molecule has 1 heterocycles. The number of nitrogens with zero attached hydrogens (tertiary/aromatic N) is 1. The van der Waals surface area contributed by atoms with Crippen LogP contribution >= 0.6 is 0 Å². The summed E-state index contributed by atoms with van der Waals surface area (Å²) in [6, 6.07) is 17.4. The Labute approximate surface area is 184 Å². The Morgan fingerprint density at radius 2 is 1.71 bits per heavy atom. The van der Waals surface area contributed by atoms with E-state index in [1.54, 1.807) is 24.3 Å². The molecule has 3 rings (SSSR count). The van der Waals surface area contributed by atoms with E-state index in [4.69, 9.17) is 4.42 Å². The number of sulfonamides is 1. The third kappa shape index (κ3) is 5.68. The summed E-state index contributed by atoms with van der Waals surface area (Å²) in [5.74, 6) is 0. The van der Waals surface area contributed by atoms with Crippen molar-refractivity contribution in [3.63, 3.8) is 0 Å². The Morgan fingerprint density at radius 3 is 2.29 bits per heavy atom. The van der Waals surface area contributed by atoms with E-state index in [1.807, 2.05) is 24.3 Å². The molecule has 0 saturated carbocycles. The minimum Gasteiger partial charge on any atom is -0.451 e. The van der Waals surface area contributed by atoms with E-state index < -0.39 is 16.1 Å². The highest BCUT2D eigenvalue weighted by Gasteiger charge is 2.28. The van der Waals surface area contributed by atoms with Gasteiger partial charge in [0.15, 0.2) is 0 Å². The lowest BCUT2D eigenvalue weighted by molar-refractivity contribution is 0.163. The fraction of sp³-hybridized carbons (Fsp3) is 0.333. The second-order valence-corrected chi connectivity index (χ2v) is 9.18. The van der Waals surface area contributed by atoms with Gasteiger partial charge in [-0.1, -0.05) is 57.4 Å². The van der Waals surface area contributed by atoms with Gasteiger partial charge in [-0.2, -0.15) is 12.8 Å². The van der Waals surface area contributed by atoms with Crippen molar-refractivity contribution in [2.24, 2.45) is 0 Å². The van der Waals surface area contributed by atoms with Gasteiger partial charge in [0.05, 0.1) is 23.7 Å². The van der Waals surface area contributed by atoms with Gasteiger partial charge >= 0.3 is 10.0 Å². The number of unbranched alkanes of at least 4 members (excludes halogenated alkanes) is 2. The van der Waals surface area contributed by atoms with Crippen LogP contribution in [0.5, 0.6) is 0 Å². The SMILES string of the molecule is CCCCCC(O)c1ccc(N(Nc2ccc(CC)cc2)S(=O)(=O)c2ccco2)cc1. The predicted molar refractivity (Wildman–Crippen MR) is 123 cm³/mol. The van der Waals surface area contributed by atoms with Crippen LogP contribution < -0.4 is 9.84 Å². The van der Waals surface area contributed by atoms with Crippen LogP contribution in [0, 0.1) is 0 Å². The maximum atomic E-state index is 13.2. The Hall–Kier alpha value is -2.77. The van der Waals surface area contributed by atoms with E-state index >= 15 is 0 Å². The lowest BCUT2D eigenvalue weighted by Gasteiger charge is -2.25. The molecule has 6 nitrogen and oxygen atoms in total. The summed E-state index contributed by atoms with van der Waals surface area (Å²) in [5.41, 5.74) is 5.97. The lowest BCUT2D eigenvalue weighted by atomic mass is 10.0. The monoisotopic (exact) mass is 442 g/mol. The van der Waals surface area contributed by atoms with Gasteiger partial charge in [-0.3, -0.25) is 5.43 Å². The highest BCUT2D eigenvalue weighted by molar-refractivity contribution is 7.92. The standard InChI is InChI=1S/C24H30N2O4S/c1-3-5-6-8-23(27)20-12-16-22(17-13-20)26(31(28,29)24-9-7-18-30-24)25-21-14-10-19(4-2)11-15-21/h7,9-18,23,25,27H,3-6,8H2,1-2H3. The molecule has 0 radical (unpaired) electrons. The number of aryl methyl sites for hydroxylation is 1. The zero-order chi connectivity index (χ0) is 22.3. The molecule has 7 heteroatoms. The third-order valence-electron chi connectivity index (χ3n) is 5.18. The van der Waals surface area contributed by atoms with Gasteiger partial charge in [0.2, 0.25) is 5.09 Å². The van der Waals surface area contributed by atoms with Gasteiger partial charge < -0.3 is 9.52 Å². The maximum absolute atomic E-state index is 13.2. The number of hydrogen-bond acceptors (Lipinski definition) is 5. The van der Waals surface area contributed by atoms with Gasteiger partial charge in [-0.15, -0.1) is 0 Å². The number of furan rings is 1. The molecule has 1 aromatic heterocycles. The number of rotatable bonds is 11. The zero-order valence-corrected chi connectivity index (χ0v) is 18.8. The first-order valence-electron chi connectivity index (χ1n) is 10.7. The Kier molecular flexibility index (Phi) is 7.76. The number of anilines is 2. The molecule has 0 fully saturated rings. The first-order valence-corrected chi connectivity index (χ1v) is 12.1. The number of nitrogens with one attached hydrogen (secondary N) is 1. The number of aliphatic hydroxyl groups excluding tert-OH is 1. The summed E-state index contributed by atoms with van der Waals surface area (Å²) in [6.07, 6.45) is 5.47. The van der Waals surface area contributed by atoms with Crippen LogP contribution in [0.1, 0.15) is 56.8 Å². The van der Waals surface area contributed by atoms with Crippen molar-refractivity contribution < 1.29 is 17.9 Å². The quantitative estimate of drug-likeness (QED) is 0.295. The molecule has 3 aromatic rings. The minimum absolute atomic E-state index is 0.158. The van der Waals surface area contributed by atoms with Crippen LogP contribution in [0.15, 0.2) is 76.4 Å². The molecule has 0 spiro atoms. The second-order valence-electron chi connectivity index (χ2n) is 7.47. The van der Waals surface area contributed by atoms with E-state index in [1.165, 1.54) is 18.4 Å². The summed E-state index contributed by atoms with van der Waals surface area (Å²) < 4.78 is 32.7. The summed E-state index contributed by atoms with van der Waals surface area (Å²) in [5, 5.41) is 10.3. The summed E-state index contributed by atoms with van der Waals surface area (Å²) in [6.45, 7) is 4.19. The summed E-state index contributed by atoms with van der Waals surface area (Å²) in [4.78, 5) is 0. The highest BCUT2D eigenvalue weighted by atomic mass is 32.2. The molecule has 0 saturated heterocycles. The van der Waals surface area contributed by atoms with Crippen LogP contribution in [0.4, 0.5) is 11.4 Å². The van der Waals surface area contributed by atoms with Crippen LogP contribution in [0.3, 0.4) is 0 Å². The molecule has 166 valence electrons. The van der Waals surface area contributed by atoms with Crippen LogP contribution in [-0.4, -0.2) is 13.5 Å². The molecule has 1 unspecified atom stereocenters. The van der Waals surface area contributed by atoms with Crippen molar-refractivity contribution in [1.29, 1.82) is 0 Å². The first-order chi connectivity index (χ1) is 15.0. The van der Waals surface area contributed by atoms with Gasteiger partial charge in [-0.25, -0.2) is 0 Å². The topological polar surface area (TPSA) is 82.8 Å². The average Bonchev–Trinajstić information content (AvgIpc) is 3.34. The molecule has 2 aromatic carbocycles. The molecule has 2 N–H and O–H groups in total.